The Morgan fingerprint density at radius 2 is 1.96 bits per heavy atom. The summed E-state index contributed by atoms with van der Waals surface area (Å²) in [5.74, 6) is 0. The van der Waals surface area contributed by atoms with E-state index < -0.39 is 26.2 Å². The molecule has 3 rings (SSSR count). The molecule has 0 N–H and O–H groups in total. The first kappa shape index (κ1) is 15.5. The highest BCUT2D eigenvalue weighted by Crippen LogP contribution is 2.29. The summed E-state index contributed by atoms with van der Waals surface area (Å²) in [5, 5.41) is 0. The van der Waals surface area contributed by atoms with Crippen LogP contribution >= 0.6 is 0 Å². The molecule has 0 amide bonds. The number of aromatic nitrogens is 3. The number of anilines is 1. The standard InChI is InChI=1S/C14H16N4O4S/c1-16-9-12(13(19)17(2)14(16)20)23(21,22)18-8-4-5-10-11(18)6-3-7-15-10/h3,6-7,9H,4-5,8H2,1-2H3. The van der Waals surface area contributed by atoms with Gasteiger partial charge in [0, 0.05) is 33.0 Å². The van der Waals surface area contributed by atoms with Crippen LogP contribution in [0.5, 0.6) is 0 Å². The van der Waals surface area contributed by atoms with Gasteiger partial charge in [0.05, 0.1) is 11.4 Å². The smallest absolute Gasteiger partial charge is 0.302 e. The van der Waals surface area contributed by atoms with Crippen molar-refractivity contribution in [3.05, 3.63) is 51.1 Å². The topological polar surface area (TPSA) is 94.3 Å². The van der Waals surface area contributed by atoms with E-state index in [0.29, 0.717) is 24.2 Å². The molecule has 0 atom stereocenters. The maximum atomic E-state index is 13.0. The summed E-state index contributed by atoms with van der Waals surface area (Å²) in [4.78, 5) is 27.8. The van der Waals surface area contributed by atoms with Gasteiger partial charge in [-0.05, 0) is 25.0 Å². The van der Waals surface area contributed by atoms with Crippen molar-refractivity contribution in [3.63, 3.8) is 0 Å². The van der Waals surface area contributed by atoms with Crippen LogP contribution < -0.4 is 15.6 Å². The third-order valence-corrected chi connectivity index (χ3v) is 5.69. The van der Waals surface area contributed by atoms with Crippen LogP contribution in [0, 0.1) is 0 Å². The van der Waals surface area contributed by atoms with Gasteiger partial charge in [-0.3, -0.25) is 18.7 Å². The van der Waals surface area contributed by atoms with Crippen LogP contribution in [0.4, 0.5) is 5.69 Å². The maximum absolute atomic E-state index is 13.0. The Kier molecular flexibility index (Phi) is 3.59. The van der Waals surface area contributed by atoms with Crippen LogP contribution in [0.15, 0.2) is 39.0 Å². The molecule has 2 aromatic heterocycles. The largest absolute Gasteiger partial charge is 0.330 e. The molecule has 0 bridgehead atoms. The summed E-state index contributed by atoms with van der Waals surface area (Å²) in [6, 6.07) is 3.33. The van der Waals surface area contributed by atoms with E-state index in [4.69, 9.17) is 0 Å². The summed E-state index contributed by atoms with van der Waals surface area (Å²) in [6.07, 6.45) is 3.99. The molecule has 2 aromatic rings. The molecule has 0 fully saturated rings. The quantitative estimate of drug-likeness (QED) is 0.745. The van der Waals surface area contributed by atoms with Gasteiger partial charge >= 0.3 is 5.69 Å². The van der Waals surface area contributed by atoms with E-state index in [9.17, 15) is 18.0 Å². The maximum Gasteiger partial charge on any atom is 0.330 e. The lowest BCUT2D eigenvalue weighted by Crippen LogP contribution is -2.44. The third-order valence-electron chi connectivity index (χ3n) is 3.89. The second kappa shape index (κ2) is 5.34. The van der Waals surface area contributed by atoms with Gasteiger partial charge in [0.15, 0.2) is 4.90 Å². The minimum Gasteiger partial charge on any atom is -0.302 e. The van der Waals surface area contributed by atoms with Crippen molar-refractivity contribution >= 4 is 15.7 Å². The summed E-state index contributed by atoms with van der Waals surface area (Å²) in [7, 11) is -1.40. The van der Waals surface area contributed by atoms with Gasteiger partial charge < -0.3 is 4.57 Å². The fourth-order valence-corrected chi connectivity index (χ4v) is 4.36. The van der Waals surface area contributed by atoms with E-state index in [2.05, 4.69) is 4.98 Å². The van der Waals surface area contributed by atoms with E-state index >= 15 is 0 Å². The number of hydrogen-bond donors (Lipinski definition) is 0. The number of nitrogens with zero attached hydrogens (tertiary/aromatic N) is 4. The SMILES string of the molecule is Cn1cc(S(=O)(=O)N2CCCc3ncccc32)c(=O)n(C)c1=O. The number of fused-ring (bicyclic) bond motifs is 1. The molecule has 1 aliphatic heterocycles. The molecule has 0 aliphatic carbocycles. The van der Waals surface area contributed by atoms with Crippen LogP contribution in [0.25, 0.3) is 0 Å². The second-order valence-corrected chi connectivity index (χ2v) is 7.23. The van der Waals surface area contributed by atoms with Gasteiger partial charge in [-0.15, -0.1) is 0 Å². The lowest BCUT2D eigenvalue weighted by atomic mass is 10.1. The zero-order chi connectivity index (χ0) is 16.8. The number of aryl methyl sites for hydroxylation is 2. The number of pyridine rings is 1. The minimum absolute atomic E-state index is 0.271. The van der Waals surface area contributed by atoms with Crippen LogP contribution in [0.1, 0.15) is 12.1 Å². The lowest BCUT2D eigenvalue weighted by Gasteiger charge is -2.29. The van der Waals surface area contributed by atoms with Crippen molar-refractivity contribution < 1.29 is 8.42 Å². The highest BCUT2D eigenvalue weighted by Gasteiger charge is 2.32. The molecule has 3 heterocycles. The summed E-state index contributed by atoms with van der Waals surface area (Å²) >= 11 is 0. The summed E-state index contributed by atoms with van der Waals surface area (Å²) in [6.45, 7) is 0.271. The molecule has 0 aromatic carbocycles. The molecular formula is C14H16N4O4S. The molecule has 0 saturated heterocycles. The zero-order valence-corrected chi connectivity index (χ0v) is 13.6. The third kappa shape index (κ3) is 2.37. The minimum atomic E-state index is -4.07. The van der Waals surface area contributed by atoms with Crippen molar-refractivity contribution in [1.29, 1.82) is 0 Å². The average Bonchev–Trinajstić information content (AvgIpc) is 2.55. The van der Waals surface area contributed by atoms with Crippen molar-refractivity contribution in [3.8, 4) is 0 Å². The Labute approximate surface area is 132 Å². The second-order valence-electron chi connectivity index (χ2n) is 5.40. The highest BCUT2D eigenvalue weighted by atomic mass is 32.2. The van der Waals surface area contributed by atoms with Crippen LogP contribution in [-0.2, 0) is 30.5 Å². The van der Waals surface area contributed by atoms with Crippen LogP contribution in [-0.4, -0.2) is 29.1 Å². The van der Waals surface area contributed by atoms with Crippen molar-refractivity contribution in [1.82, 2.24) is 14.1 Å². The van der Waals surface area contributed by atoms with E-state index in [0.717, 1.165) is 15.3 Å². The molecule has 122 valence electrons. The van der Waals surface area contributed by atoms with Gasteiger partial charge in [0.2, 0.25) is 0 Å². The molecule has 0 spiro atoms. The van der Waals surface area contributed by atoms with E-state index in [1.165, 1.54) is 18.4 Å². The normalized spacial score (nSPS) is 14.6. The van der Waals surface area contributed by atoms with E-state index in [1.807, 2.05) is 0 Å². The van der Waals surface area contributed by atoms with Crippen molar-refractivity contribution in [2.24, 2.45) is 14.1 Å². The van der Waals surface area contributed by atoms with Crippen LogP contribution in [0.2, 0.25) is 0 Å². The highest BCUT2D eigenvalue weighted by molar-refractivity contribution is 7.92. The number of sulfonamides is 1. The molecule has 0 unspecified atom stereocenters. The van der Waals surface area contributed by atoms with Crippen molar-refractivity contribution in [2.75, 3.05) is 10.8 Å². The average molecular weight is 336 g/mol. The Hall–Kier alpha value is -2.42. The first-order chi connectivity index (χ1) is 10.8. The molecule has 1 aliphatic rings. The number of hydrogen-bond acceptors (Lipinski definition) is 5. The predicted molar refractivity (Wildman–Crippen MR) is 84.0 cm³/mol. The predicted octanol–water partition coefficient (Wildman–Crippen LogP) is -0.380. The monoisotopic (exact) mass is 336 g/mol. The Bertz CT molecular complexity index is 991. The fourth-order valence-electron chi connectivity index (χ4n) is 2.68. The fraction of sp³-hybridized carbons (Fsp3) is 0.357. The van der Waals surface area contributed by atoms with E-state index in [-0.39, 0.29) is 6.54 Å². The molecule has 0 radical (unpaired) electrons. The first-order valence-corrected chi connectivity index (χ1v) is 8.51. The van der Waals surface area contributed by atoms with Gasteiger partial charge in [0.25, 0.3) is 15.6 Å². The molecule has 9 heteroatoms. The van der Waals surface area contributed by atoms with Gasteiger partial charge in [-0.1, -0.05) is 0 Å². The van der Waals surface area contributed by atoms with Crippen LogP contribution in [0.3, 0.4) is 0 Å². The molecule has 8 nitrogen and oxygen atoms in total. The molecule has 23 heavy (non-hydrogen) atoms. The molecular weight excluding hydrogens is 320 g/mol. The number of rotatable bonds is 2. The first-order valence-electron chi connectivity index (χ1n) is 7.07. The Balaban J connectivity index is 2.23. The van der Waals surface area contributed by atoms with E-state index in [1.54, 1.807) is 18.3 Å². The summed E-state index contributed by atoms with van der Waals surface area (Å²) in [5.41, 5.74) is -0.239. The molecule has 0 saturated carbocycles. The van der Waals surface area contributed by atoms with Gasteiger partial charge in [-0.25, -0.2) is 13.2 Å². The van der Waals surface area contributed by atoms with Gasteiger partial charge in [0.1, 0.15) is 0 Å². The zero-order valence-electron chi connectivity index (χ0n) is 12.8. The van der Waals surface area contributed by atoms with Gasteiger partial charge in [-0.2, -0.15) is 0 Å². The lowest BCUT2D eigenvalue weighted by molar-refractivity contribution is 0.575. The Morgan fingerprint density at radius 3 is 2.70 bits per heavy atom. The summed E-state index contributed by atoms with van der Waals surface area (Å²) < 4.78 is 29.0. The van der Waals surface area contributed by atoms with Crippen molar-refractivity contribution in [2.45, 2.75) is 17.7 Å². The Morgan fingerprint density at radius 1 is 1.22 bits per heavy atom.